The van der Waals surface area contributed by atoms with Crippen molar-refractivity contribution in [2.75, 3.05) is 26.3 Å². The second-order valence-electron chi connectivity index (χ2n) is 6.33. The second kappa shape index (κ2) is 9.06. The molecule has 0 unspecified atom stereocenters. The van der Waals surface area contributed by atoms with Gasteiger partial charge in [0.25, 0.3) is 0 Å². The van der Waals surface area contributed by atoms with Gasteiger partial charge in [0.1, 0.15) is 10.6 Å². The minimum absolute atomic E-state index is 0.0798. The van der Waals surface area contributed by atoms with Crippen molar-refractivity contribution in [1.29, 1.82) is 0 Å². The fourth-order valence-electron chi connectivity index (χ4n) is 2.89. The van der Waals surface area contributed by atoms with Crippen LogP contribution in [0, 0.1) is 12.8 Å². The lowest BCUT2D eigenvalue weighted by atomic mass is 9.98. The Morgan fingerprint density at radius 2 is 1.92 bits per heavy atom. The monoisotopic (exact) mass is 403 g/mol. The van der Waals surface area contributed by atoms with Gasteiger partial charge < -0.3 is 9.47 Å². The number of rotatable bonds is 7. The molecule has 0 amide bonds. The van der Waals surface area contributed by atoms with E-state index < -0.39 is 10.0 Å². The molecule has 1 heterocycles. The summed E-state index contributed by atoms with van der Waals surface area (Å²) in [5, 5.41) is 0.383. The van der Waals surface area contributed by atoms with Crippen LogP contribution in [0.25, 0.3) is 0 Å². The molecule has 1 fully saturated rings. The number of piperidine rings is 1. The second-order valence-corrected chi connectivity index (χ2v) is 8.64. The standard InChI is InChI=1S/C18H26ClNO5S/c1-4-10-25-16-11-13(3)15(19)12-17(16)26(22,23)20-8-6-14(7-9-20)18(21)24-5-2/h11-12,14H,4-10H2,1-3H3. The summed E-state index contributed by atoms with van der Waals surface area (Å²) in [4.78, 5) is 11.9. The first-order valence-electron chi connectivity index (χ1n) is 8.91. The van der Waals surface area contributed by atoms with Gasteiger partial charge in [-0.2, -0.15) is 4.31 Å². The third-order valence-corrected chi connectivity index (χ3v) is 6.71. The van der Waals surface area contributed by atoms with E-state index in [1.807, 2.05) is 13.8 Å². The quantitative estimate of drug-likeness (QED) is 0.652. The Morgan fingerprint density at radius 1 is 1.27 bits per heavy atom. The van der Waals surface area contributed by atoms with Crippen molar-refractivity contribution in [2.45, 2.75) is 44.9 Å². The molecule has 1 aromatic carbocycles. The maximum atomic E-state index is 13.1. The van der Waals surface area contributed by atoms with Gasteiger partial charge in [-0.05, 0) is 50.8 Å². The van der Waals surface area contributed by atoms with Crippen molar-refractivity contribution in [3.05, 3.63) is 22.7 Å². The zero-order chi connectivity index (χ0) is 19.3. The minimum Gasteiger partial charge on any atom is -0.492 e. The largest absolute Gasteiger partial charge is 0.492 e. The van der Waals surface area contributed by atoms with Crippen LogP contribution in [-0.4, -0.2) is 45.0 Å². The van der Waals surface area contributed by atoms with Gasteiger partial charge in [-0.3, -0.25) is 4.79 Å². The molecule has 2 rings (SSSR count). The summed E-state index contributed by atoms with van der Waals surface area (Å²) in [5.41, 5.74) is 0.762. The Kier molecular flexibility index (Phi) is 7.32. The summed E-state index contributed by atoms with van der Waals surface area (Å²) in [6, 6.07) is 3.12. The molecule has 1 aliphatic heterocycles. The SMILES string of the molecule is CCCOc1cc(C)c(Cl)cc1S(=O)(=O)N1CCC(C(=O)OCC)CC1. The third-order valence-electron chi connectivity index (χ3n) is 4.38. The van der Waals surface area contributed by atoms with Crippen LogP contribution in [0.3, 0.4) is 0 Å². The van der Waals surface area contributed by atoms with E-state index in [0.29, 0.717) is 36.8 Å². The van der Waals surface area contributed by atoms with Crippen molar-refractivity contribution in [3.8, 4) is 5.75 Å². The molecular weight excluding hydrogens is 378 g/mol. The van der Waals surface area contributed by atoms with Crippen LogP contribution >= 0.6 is 11.6 Å². The Hall–Kier alpha value is -1.31. The van der Waals surface area contributed by atoms with E-state index in [4.69, 9.17) is 21.1 Å². The topological polar surface area (TPSA) is 72.9 Å². The number of ether oxygens (including phenoxy) is 2. The molecule has 8 heteroatoms. The first kappa shape index (κ1) is 21.0. The average Bonchev–Trinajstić information content (AvgIpc) is 2.62. The molecule has 0 bridgehead atoms. The van der Waals surface area contributed by atoms with Gasteiger partial charge >= 0.3 is 5.97 Å². The molecule has 0 atom stereocenters. The van der Waals surface area contributed by atoms with Gasteiger partial charge in [0, 0.05) is 18.1 Å². The molecule has 1 saturated heterocycles. The zero-order valence-corrected chi connectivity index (χ0v) is 17.0. The maximum Gasteiger partial charge on any atom is 0.309 e. The number of hydrogen-bond acceptors (Lipinski definition) is 5. The fourth-order valence-corrected chi connectivity index (χ4v) is 4.73. The van der Waals surface area contributed by atoms with Gasteiger partial charge in [0.2, 0.25) is 10.0 Å². The Morgan fingerprint density at radius 3 is 2.50 bits per heavy atom. The highest BCUT2D eigenvalue weighted by molar-refractivity contribution is 7.89. The highest BCUT2D eigenvalue weighted by Gasteiger charge is 2.34. The van der Waals surface area contributed by atoms with Crippen molar-refractivity contribution in [1.82, 2.24) is 4.31 Å². The highest BCUT2D eigenvalue weighted by atomic mass is 35.5. The number of hydrogen-bond donors (Lipinski definition) is 0. The van der Waals surface area contributed by atoms with Crippen LogP contribution < -0.4 is 4.74 Å². The number of aryl methyl sites for hydroxylation is 1. The average molecular weight is 404 g/mol. The van der Waals surface area contributed by atoms with Crippen molar-refractivity contribution in [2.24, 2.45) is 5.92 Å². The van der Waals surface area contributed by atoms with Crippen molar-refractivity contribution >= 4 is 27.6 Å². The van der Waals surface area contributed by atoms with E-state index in [-0.39, 0.29) is 29.9 Å². The van der Waals surface area contributed by atoms with Crippen LogP contribution in [0.5, 0.6) is 5.75 Å². The Bertz CT molecular complexity index is 742. The molecule has 0 N–H and O–H groups in total. The highest BCUT2D eigenvalue weighted by Crippen LogP contribution is 2.34. The minimum atomic E-state index is -3.75. The van der Waals surface area contributed by atoms with Gasteiger partial charge in [0.15, 0.2) is 0 Å². The lowest BCUT2D eigenvalue weighted by Crippen LogP contribution is -2.40. The molecule has 0 saturated carbocycles. The number of carbonyl (C=O) groups excluding carboxylic acids is 1. The van der Waals surface area contributed by atoms with Gasteiger partial charge in [-0.25, -0.2) is 8.42 Å². The van der Waals surface area contributed by atoms with E-state index in [1.165, 1.54) is 10.4 Å². The summed E-state index contributed by atoms with van der Waals surface area (Å²) < 4.78 is 38.3. The van der Waals surface area contributed by atoms with E-state index in [9.17, 15) is 13.2 Å². The van der Waals surface area contributed by atoms with E-state index in [0.717, 1.165) is 12.0 Å². The predicted octanol–water partition coefficient (Wildman–Crippen LogP) is 3.40. The molecule has 0 aromatic heterocycles. The lowest BCUT2D eigenvalue weighted by Gasteiger charge is -2.30. The molecule has 1 aliphatic rings. The predicted molar refractivity (Wildman–Crippen MR) is 100 cm³/mol. The molecule has 6 nitrogen and oxygen atoms in total. The first-order valence-corrected chi connectivity index (χ1v) is 10.7. The van der Waals surface area contributed by atoms with E-state index in [2.05, 4.69) is 0 Å². The third kappa shape index (κ3) is 4.69. The summed E-state index contributed by atoms with van der Waals surface area (Å²) in [6.45, 7) is 6.82. The fraction of sp³-hybridized carbons (Fsp3) is 0.611. The molecule has 146 valence electrons. The summed E-state index contributed by atoms with van der Waals surface area (Å²) >= 11 is 6.16. The lowest BCUT2D eigenvalue weighted by molar-refractivity contribution is -0.149. The number of nitrogens with zero attached hydrogens (tertiary/aromatic N) is 1. The summed E-state index contributed by atoms with van der Waals surface area (Å²) in [6.07, 6.45) is 1.66. The first-order chi connectivity index (χ1) is 12.3. The van der Waals surface area contributed by atoms with Crippen molar-refractivity contribution < 1.29 is 22.7 Å². The van der Waals surface area contributed by atoms with Gasteiger partial charge in [0.05, 0.1) is 19.1 Å². The number of sulfonamides is 1. The van der Waals surface area contributed by atoms with Crippen LogP contribution in [0.4, 0.5) is 0 Å². The number of benzene rings is 1. The van der Waals surface area contributed by atoms with E-state index in [1.54, 1.807) is 13.0 Å². The maximum absolute atomic E-state index is 13.1. The normalized spacial score (nSPS) is 16.5. The zero-order valence-electron chi connectivity index (χ0n) is 15.5. The van der Waals surface area contributed by atoms with Gasteiger partial charge in [-0.15, -0.1) is 0 Å². The number of carbonyl (C=O) groups is 1. The van der Waals surface area contributed by atoms with Crippen LogP contribution in [-0.2, 0) is 19.6 Å². The Balaban J connectivity index is 2.22. The van der Waals surface area contributed by atoms with Crippen LogP contribution in [0.2, 0.25) is 5.02 Å². The molecule has 26 heavy (non-hydrogen) atoms. The Labute approximate surface area is 160 Å². The number of halogens is 1. The molecular formula is C18H26ClNO5S. The molecule has 0 aliphatic carbocycles. The van der Waals surface area contributed by atoms with E-state index >= 15 is 0 Å². The molecule has 0 radical (unpaired) electrons. The van der Waals surface area contributed by atoms with Crippen LogP contribution in [0.1, 0.15) is 38.7 Å². The van der Waals surface area contributed by atoms with Crippen LogP contribution in [0.15, 0.2) is 17.0 Å². The summed E-state index contributed by atoms with van der Waals surface area (Å²) in [5.74, 6) is -0.185. The molecule has 0 spiro atoms. The summed E-state index contributed by atoms with van der Waals surface area (Å²) in [7, 11) is -3.75. The smallest absolute Gasteiger partial charge is 0.309 e. The molecule has 1 aromatic rings. The van der Waals surface area contributed by atoms with Crippen molar-refractivity contribution in [3.63, 3.8) is 0 Å². The number of esters is 1. The van der Waals surface area contributed by atoms with Gasteiger partial charge in [-0.1, -0.05) is 18.5 Å².